The molecule has 0 aliphatic heterocycles. The van der Waals surface area contributed by atoms with Gasteiger partial charge in [0.1, 0.15) is 0 Å². The van der Waals surface area contributed by atoms with Gasteiger partial charge in [-0.1, -0.05) is 15.9 Å². The van der Waals surface area contributed by atoms with E-state index >= 15 is 0 Å². The van der Waals surface area contributed by atoms with E-state index in [0.29, 0.717) is 11.4 Å². The second-order valence-corrected chi connectivity index (χ2v) is 3.73. The molecule has 0 aliphatic rings. The lowest BCUT2D eigenvalue weighted by molar-refractivity contribution is 0.102. The summed E-state index contributed by atoms with van der Waals surface area (Å²) < 4.78 is 0.931. The Labute approximate surface area is 94.0 Å². The number of nitrogens with one attached hydrogen (secondary N) is 2. The van der Waals surface area contributed by atoms with Gasteiger partial charge in [0.15, 0.2) is 5.82 Å². The van der Waals surface area contributed by atoms with Gasteiger partial charge in [-0.2, -0.15) is 10.3 Å². The summed E-state index contributed by atoms with van der Waals surface area (Å²) in [6.07, 6.45) is 1.44. The summed E-state index contributed by atoms with van der Waals surface area (Å²) in [5.41, 5.74) is 0.571. The van der Waals surface area contributed by atoms with E-state index in [1.165, 1.54) is 6.20 Å². The fourth-order valence-electron chi connectivity index (χ4n) is 1.05. The second-order valence-electron chi connectivity index (χ2n) is 2.82. The van der Waals surface area contributed by atoms with Crippen molar-refractivity contribution < 1.29 is 4.79 Å². The zero-order valence-corrected chi connectivity index (χ0v) is 9.15. The minimum Gasteiger partial charge on any atom is -0.304 e. The van der Waals surface area contributed by atoms with Crippen LogP contribution < -0.4 is 5.32 Å². The molecule has 76 valence electrons. The molecule has 6 heteroatoms. The number of halogens is 1. The van der Waals surface area contributed by atoms with Crippen molar-refractivity contribution in [3.05, 3.63) is 40.5 Å². The van der Waals surface area contributed by atoms with Gasteiger partial charge >= 0.3 is 0 Å². The fourth-order valence-corrected chi connectivity index (χ4v) is 1.32. The molecule has 0 unspecified atom stereocenters. The number of carbonyl (C=O) groups is 1. The van der Waals surface area contributed by atoms with E-state index in [0.717, 1.165) is 4.47 Å². The molecule has 1 amide bonds. The highest BCUT2D eigenvalue weighted by Gasteiger charge is 2.06. The minimum absolute atomic E-state index is 0.212. The van der Waals surface area contributed by atoms with Gasteiger partial charge in [0.25, 0.3) is 5.91 Å². The maximum Gasteiger partial charge on any atom is 0.256 e. The van der Waals surface area contributed by atoms with Crippen LogP contribution in [0.2, 0.25) is 0 Å². The summed E-state index contributed by atoms with van der Waals surface area (Å²) in [4.78, 5) is 11.6. The Morgan fingerprint density at radius 2 is 2.07 bits per heavy atom. The number of hydrogen-bond acceptors (Lipinski definition) is 3. The van der Waals surface area contributed by atoms with Gasteiger partial charge in [0.05, 0.1) is 6.20 Å². The molecule has 2 rings (SSSR count). The first-order valence-corrected chi connectivity index (χ1v) is 4.98. The Hall–Kier alpha value is -1.69. The van der Waals surface area contributed by atoms with Gasteiger partial charge in [-0.15, -0.1) is 5.10 Å². The number of anilines is 1. The molecular formula is C9H7BrN4O. The number of nitrogens with zero attached hydrogens (tertiary/aromatic N) is 2. The Bertz CT molecular complexity index is 451. The number of H-pyrrole nitrogens is 1. The Kier molecular flexibility index (Phi) is 2.77. The first-order chi connectivity index (χ1) is 7.25. The number of hydrogen-bond donors (Lipinski definition) is 2. The van der Waals surface area contributed by atoms with Crippen molar-refractivity contribution in [2.24, 2.45) is 0 Å². The topological polar surface area (TPSA) is 70.7 Å². The van der Waals surface area contributed by atoms with Gasteiger partial charge in [-0.25, -0.2) is 0 Å². The number of aromatic amines is 1. The lowest BCUT2D eigenvalue weighted by atomic mass is 10.2. The smallest absolute Gasteiger partial charge is 0.256 e. The monoisotopic (exact) mass is 266 g/mol. The molecule has 1 heterocycles. The highest BCUT2D eigenvalue weighted by molar-refractivity contribution is 9.10. The maximum atomic E-state index is 11.6. The zero-order chi connectivity index (χ0) is 10.7. The SMILES string of the molecule is O=C(Nc1cn[nH]n1)c1ccc(Br)cc1. The molecule has 1 aromatic heterocycles. The average molecular weight is 267 g/mol. The molecule has 0 atom stereocenters. The zero-order valence-electron chi connectivity index (χ0n) is 7.57. The Morgan fingerprint density at radius 1 is 1.33 bits per heavy atom. The fraction of sp³-hybridized carbons (Fsp3) is 0. The third-order valence-electron chi connectivity index (χ3n) is 1.76. The number of carbonyl (C=O) groups excluding carboxylic acids is 1. The molecule has 0 fully saturated rings. The number of amides is 1. The molecule has 0 saturated heterocycles. The first kappa shape index (κ1) is 9.85. The number of benzene rings is 1. The normalized spacial score (nSPS) is 9.93. The molecule has 5 nitrogen and oxygen atoms in total. The summed E-state index contributed by atoms with van der Waals surface area (Å²) in [6, 6.07) is 7.05. The molecule has 2 N–H and O–H groups in total. The van der Waals surface area contributed by atoms with E-state index < -0.39 is 0 Å². The van der Waals surface area contributed by atoms with Crippen LogP contribution in [0.5, 0.6) is 0 Å². The van der Waals surface area contributed by atoms with Crippen LogP contribution in [-0.4, -0.2) is 21.3 Å². The van der Waals surface area contributed by atoms with Crippen molar-refractivity contribution >= 4 is 27.7 Å². The van der Waals surface area contributed by atoms with Gasteiger partial charge in [-0.05, 0) is 24.3 Å². The van der Waals surface area contributed by atoms with Crippen LogP contribution in [0.4, 0.5) is 5.82 Å². The van der Waals surface area contributed by atoms with Crippen LogP contribution >= 0.6 is 15.9 Å². The van der Waals surface area contributed by atoms with Crippen LogP contribution in [-0.2, 0) is 0 Å². The van der Waals surface area contributed by atoms with Gasteiger partial charge in [0.2, 0.25) is 0 Å². The third kappa shape index (κ3) is 2.41. The summed E-state index contributed by atoms with van der Waals surface area (Å²) in [5.74, 6) is 0.194. The van der Waals surface area contributed by atoms with Crippen LogP contribution in [0.1, 0.15) is 10.4 Å². The molecule has 0 bridgehead atoms. The van der Waals surface area contributed by atoms with Crippen molar-refractivity contribution in [1.82, 2.24) is 15.4 Å². The van der Waals surface area contributed by atoms with Crippen LogP contribution in [0, 0.1) is 0 Å². The predicted molar refractivity (Wildman–Crippen MR) is 58.5 cm³/mol. The van der Waals surface area contributed by atoms with Crippen molar-refractivity contribution in [1.29, 1.82) is 0 Å². The van der Waals surface area contributed by atoms with Gasteiger partial charge in [-0.3, -0.25) is 4.79 Å². The van der Waals surface area contributed by atoms with Crippen molar-refractivity contribution in [2.45, 2.75) is 0 Å². The Morgan fingerprint density at radius 3 is 2.67 bits per heavy atom. The van der Waals surface area contributed by atoms with Gasteiger partial charge < -0.3 is 5.32 Å². The average Bonchev–Trinajstić information content (AvgIpc) is 2.71. The van der Waals surface area contributed by atoms with E-state index in [-0.39, 0.29) is 5.91 Å². The van der Waals surface area contributed by atoms with Crippen molar-refractivity contribution in [3.63, 3.8) is 0 Å². The highest BCUT2D eigenvalue weighted by atomic mass is 79.9. The quantitative estimate of drug-likeness (QED) is 0.871. The highest BCUT2D eigenvalue weighted by Crippen LogP contribution is 2.11. The molecule has 15 heavy (non-hydrogen) atoms. The summed E-state index contributed by atoms with van der Waals surface area (Å²) >= 11 is 3.30. The molecule has 0 spiro atoms. The number of rotatable bonds is 2. The molecule has 0 saturated carbocycles. The van der Waals surface area contributed by atoms with E-state index in [4.69, 9.17) is 0 Å². The van der Waals surface area contributed by atoms with Crippen molar-refractivity contribution in [3.8, 4) is 0 Å². The summed E-state index contributed by atoms with van der Waals surface area (Å²) in [5, 5.41) is 12.3. The van der Waals surface area contributed by atoms with Crippen LogP contribution in [0.15, 0.2) is 34.9 Å². The third-order valence-corrected chi connectivity index (χ3v) is 2.29. The first-order valence-electron chi connectivity index (χ1n) is 4.18. The standard InChI is InChI=1S/C9H7BrN4O/c10-7-3-1-6(2-4-7)9(15)12-8-5-11-14-13-8/h1-5H,(H2,11,12,13,14,15). The van der Waals surface area contributed by atoms with Gasteiger partial charge in [0, 0.05) is 10.0 Å². The maximum absolute atomic E-state index is 11.6. The van der Waals surface area contributed by atoms with E-state index in [1.807, 2.05) is 0 Å². The molecule has 0 aliphatic carbocycles. The lowest BCUT2D eigenvalue weighted by Crippen LogP contribution is -2.11. The second kappa shape index (κ2) is 4.22. The molecule has 1 aromatic carbocycles. The van der Waals surface area contributed by atoms with E-state index in [2.05, 4.69) is 36.7 Å². The number of aromatic nitrogens is 3. The summed E-state index contributed by atoms with van der Waals surface area (Å²) in [7, 11) is 0. The molecule has 2 aromatic rings. The van der Waals surface area contributed by atoms with Crippen LogP contribution in [0.25, 0.3) is 0 Å². The summed E-state index contributed by atoms with van der Waals surface area (Å²) in [6.45, 7) is 0. The van der Waals surface area contributed by atoms with Crippen molar-refractivity contribution in [2.75, 3.05) is 5.32 Å². The van der Waals surface area contributed by atoms with E-state index in [1.54, 1.807) is 24.3 Å². The van der Waals surface area contributed by atoms with Crippen LogP contribution in [0.3, 0.4) is 0 Å². The van der Waals surface area contributed by atoms with E-state index in [9.17, 15) is 4.79 Å². The largest absolute Gasteiger partial charge is 0.304 e. The lowest BCUT2D eigenvalue weighted by Gasteiger charge is -2.00. The molecule has 0 radical (unpaired) electrons. The Balaban J connectivity index is 2.11. The molecular weight excluding hydrogens is 260 g/mol. The predicted octanol–water partition coefficient (Wildman–Crippen LogP) is 1.82. The minimum atomic E-state index is -0.212.